The minimum atomic E-state index is -0.782. The molecule has 1 N–H and O–H groups in total. The Morgan fingerprint density at radius 2 is 1.83 bits per heavy atom. The number of carbonyl (C=O) groups is 2. The van der Waals surface area contributed by atoms with Crippen LogP contribution in [-0.4, -0.2) is 35.0 Å². The van der Waals surface area contributed by atoms with E-state index in [1.807, 2.05) is 4.90 Å². The van der Waals surface area contributed by atoms with Crippen molar-refractivity contribution in [3.63, 3.8) is 0 Å². The van der Waals surface area contributed by atoms with Gasteiger partial charge >= 0.3 is 5.97 Å². The van der Waals surface area contributed by atoms with Gasteiger partial charge in [-0.3, -0.25) is 9.59 Å². The Kier molecular flexibility index (Phi) is 4.64. The number of rotatable bonds is 4. The summed E-state index contributed by atoms with van der Waals surface area (Å²) in [5.74, 6) is -0.971. The summed E-state index contributed by atoms with van der Waals surface area (Å²) in [6.45, 7) is 1.48. The van der Waals surface area contributed by atoms with E-state index in [1.54, 1.807) is 12.1 Å². The molecule has 2 fully saturated rings. The van der Waals surface area contributed by atoms with Crippen LogP contribution in [0.3, 0.4) is 0 Å². The lowest BCUT2D eigenvalue weighted by Crippen LogP contribution is -2.34. The summed E-state index contributed by atoms with van der Waals surface area (Å²) in [5.41, 5.74) is 1.09. The van der Waals surface area contributed by atoms with Gasteiger partial charge < -0.3 is 10.0 Å². The summed E-state index contributed by atoms with van der Waals surface area (Å²) < 4.78 is 12.9. The van der Waals surface area contributed by atoms with Crippen molar-refractivity contribution in [1.82, 2.24) is 4.90 Å². The molecule has 1 aliphatic carbocycles. The second kappa shape index (κ2) is 6.69. The number of halogens is 1. The average Bonchev–Trinajstić information content (AvgIpc) is 3.18. The highest BCUT2D eigenvalue weighted by Crippen LogP contribution is 2.34. The molecule has 0 spiro atoms. The number of benzene rings is 1. The van der Waals surface area contributed by atoms with Gasteiger partial charge in [0.1, 0.15) is 5.82 Å². The standard InChI is InChI=1S/C18H22FNO3/c19-16-5-1-12(2-6-16)9-13-7-8-20(11-13)17(21)14-3-4-15(10-14)18(22)23/h1-2,5-6,13-15H,3-4,7-11H2,(H,22,23)/t13?,14-,15+/m0/s1. The summed E-state index contributed by atoms with van der Waals surface area (Å²) >= 11 is 0. The van der Waals surface area contributed by atoms with E-state index < -0.39 is 5.97 Å². The number of nitrogens with zero attached hydrogens (tertiary/aromatic N) is 1. The van der Waals surface area contributed by atoms with Crippen LogP contribution < -0.4 is 0 Å². The van der Waals surface area contributed by atoms with Crippen LogP contribution in [0, 0.1) is 23.6 Å². The van der Waals surface area contributed by atoms with Crippen LogP contribution in [0.5, 0.6) is 0 Å². The van der Waals surface area contributed by atoms with Crippen molar-refractivity contribution in [2.45, 2.75) is 32.1 Å². The van der Waals surface area contributed by atoms with Crippen molar-refractivity contribution < 1.29 is 19.1 Å². The van der Waals surface area contributed by atoms with E-state index in [0.717, 1.165) is 31.5 Å². The van der Waals surface area contributed by atoms with E-state index in [4.69, 9.17) is 5.11 Å². The Morgan fingerprint density at radius 3 is 2.48 bits per heavy atom. The quantitative estimate of drug-likeness (QED) is 0.928. The van der Waals surface area contributed by atoms with Gasteiger partial charge in [0, 0.05) is 19.0 Å². The van der Waals surface area contributed by atoms with Crippen LogP contribution in [0.15, 0.2) is 24.3 Å². The van der Waals surface area contributed by atoms with Crippen LogP contribution in [-0.2, 0) is 16.0 Å². The molecule has 0 bridgehead atoms. The van der Waals surface area contributed by atoms with Crippen molar-refractivity contribution in [2.24, 2.45) is 17.8 Å². The molecule has 0 aromatic heterocycles. The lowest BCUT2D eigenvalue weighted by Gasteiger charge is -2.20. The Hall–Kier alpha value is -1.91. The van der Waals surface area contributed by atoms with Gasteiger partial charge in [-0.15, -0.1) is 0 Å². The van der Waals surface area contributed by atoms with E-state index in [-0.39, 0.29) is 23.6 Å². The molecular weight excluding hydrogens is 297 g/mol. The SMILES string of the molecule is O=C(O)[C@@H]1CC[C@H](C(=O)N2CCC(Cc3ccc(F)cc3)C2)C1. The first-order valence-electron chi connectivity index (χ1n) is 8.29. The number of carboxylic acids is 1. The predicted octanol–water partition coefficient (Wildman–Crippen LogP) is 2.72. The number of carbonyl (C=O) groups excluding carboxylic acids is 1. The molecule has 1 amide bonds. The largest absolute Gasteiger partial charge is 0.481 e. The van der Waals surface area contributed by atoms with Gasteiger partial charge in [0.25, 0.3) is 0 Å². The van der Waals surface area contributed by atoms with Crippen molar-refractivity contribution in [1.29, 1.82) is 0 Å². The lowest BCUT2D eigenvalue weighted by atomic mass is 9.98. The number of amides is 1. The Bertz CT molecular complexity index is 586. The molecule has 1 heterocycles. The van der Waals surface area contributed by atoms with Gasteiger partial charge in [-0.1, -0.05) is 12.1 Å². The topological polar surface area (TPSA) is 57.6 Å². The van der Waals surface area contributed by atoms with Crippen molar-refractivity contribution in [3.8, 4) is 0 Å². The van der Waals surface area contributed by atoms with Gasteiger partial charge in [-0.2, -0.15) is 0 Å². The summed E-state index contributed by atoms with van der Waals surface area (Å²) in [4.78, 5) is 25.5. The molecule has 4 nitrogen and oxygen atoms in total. The monoisotopic (exact) mass is 319 g/mol. The van der Waals surface area contributed by atoms with E-state index in [9.17, 15) is 14.0 Å². The highest BCUT2D eigenvalue weighted by molar-refractivity contribution is 5.81. The molecule has 23 heavy (non-hydrogen) atoms. The molecule has 3 atom stereocenters. The molecule has 1 aliphatic heterocycles. The zero-order valence-electron chi connectivity index (χ0n) is 13.1. The molecule has 3 rings (SSSR count). The third-order valence-corrected chi connectivity index (χ3v) is 5.17. The highest BCUT2D eigenvalue weighted by Gasteiger charge is 2.37. The summed E-state index contributed by atoms with van der Waals surface area (Å²) in [6, 6.07) is 6.54. The fraction of sp³-hybridized carbons (Fsp3) is 0.556. The number of aliphatic carboxylic acids is 1. The van der Waals surface area contributed by atoms with Gasteiger partial charge in [0.2, 0.25) is 5.91 Å². The lowest BCUT2D eigenvalue weighted by molar-refractivity contribution is -0.141. The van der Waals surface area contributed by atoms with Gasteiger partial charge in [-0.25, -0.2) is 4.39 Å². The van der Waals surface area contributed by atoms with E-state index in [0.29, 0.717) is 25.2 Å². The zero-order chi connectivity index (χ0) is 16.4. The zero-order valence-corrected chi connectivity index (χ0v) is 13.1. The molecule has 1 aromatic rings. The maximum atomic E-state index is 12.9. The minimum absolute atomic E-state index is 0.121. The Morgan fingerprint density at radius 1 is 1.13 bits per heavy atom. The summed E-state index contributed by atoms with van der Waals surface area (Å²) in [5, 5.41) is 9.05. The van der Waals surface area contributed by atoms with Crippen molar-refractivity contribution in [3.05, 3.63) is 35.6 Å². The molecule has 0 radical (unpaired) electrons. The van der Waals surface area contributed by atoms with Gasteiger partial charge in [0.05, 0.1) is 5.92 Å². The number of carboxylic acid groups (broad SMARTS) is 1. The molecule has 1 unspecified atom stereocenters. The first kappa shape index (κ1) is 16.0. The third-order valence-electron chi connectivity index (χ3n) is 5.17. The van der Waals surface area contributed by atoms with Gasteiger partial charge in [0.15, 0.2) is 0 Å². The molecular formula is C18H22FNO3. The highest BCUT2D eigenvalue weighted by atomic mass is 19.1. The smallest absolute Gasteiger partial charge is 0.306 e. The molecule has 1 saturated carbocycles. The molecule has 1 saturated heterocycles. The van der Waals surface area contributed by atoms with Crippen LogP contribution in [0.2, 0.25) is 0 Å². The number of hydrogen-bond donors (Lipinski definition) is 1. The van der Waals surface area contributed by atoms with Crippen LogP contribution in [0.25, 0.3) is 0 Å². The maximum Gasteiger partial charge on any atom is 0.306 e. The fourth-order valence-corrected chi connectivity index (χ4v) is 3.84. The first-order valence-corrected chi connectivity index (χ1v) is 8.29. The molecule has 2 aliphatic rings. The normalized spacial score (nSPS) is 27.3. The third kappa shape index (κ3) is 3.71. The second-order valence-electron chi connectivity index (χ2n) is 6.81. The Balaban J connectivity index is 1.52. The Labute approximate surface area is 135 Å². The maximum absolute atomic E-state index is 12.9. The van der Waals surface area contributed by atoms with E-state index in [1.165, 1.54) is 12.1 Å². The van der Waals surface area contributed by atoms with Crippen molar-refractivity contribution >= 4 is 11.9 Å². The van der Waals surface area contributed by atoms with E-state index in [2.05, 4.69) is 0 Å². The van der Waals surface area contributed by atoms with Gasteiger partial charge in [-0.05, 0) is 55.7 Å². The van der Waals surface area contributed by atoms with Crippen LogP contribution in [0.4, 0.5) is 4.39 Å². The second-order valence-corrected chi connectivity index (χ2v) is 6.81. The minimum Gasteiger partial charge on any atom is -0.481 e. The summed E-state index contributed by atoms with van der Waals surface area (Å²) in [7, 11) is 0. The van der Waals surface area contributed by atoms with E-state index >= 15 is 0 Å². The molecule has 124 valence electrons. The summed E-state index contributed by atoms with van der Waals surface area (Å²) in [6.07, 6.45) is 3.59. The predicted molar refractivity (Wildman–Crippen MR) is 83.3 cm³/mol. The fourth-order valence-electron chi connectivity index (χ4n) is 3.84. The van der Waals surface area contributed by atoms with Crippen LogP contribution >= 0.6 is 0 Å². The molecule has 5 heteroatoms. The number of hydrogen-bond acceptors (Lipinski definition) is 2. The average molecular weight is 319 g/mol. The molecule has 1 aromatic carbocycles. The van der Waals surface area contributed by atoms with Crippen LogP contribution in [0.1, 0.15) is 31.2 Å². The number of likely N-dealkylation sites (tertiary alicyclic amines) is 1. The first-order chi connectivity index (χ1) is 11.0. The van der Waals surface area contributed by atoms with Crippen molar-refractivity contribution in [2.75, 3.05) is 13.1 Å².